The van der Waals surface area contributed by atoms with Crippen molar-refractivity contribution in [3.63, 3.8) is 0 Å². The van der Waals surface area contributed by atoms with E-state index in [-0.39, 0.29) is 0 Å². The second-order valence-electron chi connectivity index (χ2n) is 6.03. The number of hydrogen-bond donors (Lipinski definition) is 0. The molecule has 2 heterocycles. The summed E-state index contributed by atoms with van der Waals surface area (Å²) < 4.78 is 6.17. The highest BCUT2D eigenvalue weighted by Gasteiger charge is 2.19. The van der Waals surface area contributed by atoms with Gasteiger partial charge in [-0.2, -0.15) is 0 Å². The molecule has 0 amide bonds. The summed E-state index contributed by atoms with van der Waals surface area (Å²) in [6.07, 6.45) is 2.85. The minimum Gasteiger partial charge on any atom is -0.437 e. The molecular formula is C22H19NO. The molecule has 2 nitrogen and oxygen atoms in total. The maximum absolute atomic E-state index is 6.17. The summed E-state index contributed by atoms with van der Waals surface area (Å²) in [6, 6.07) is 21.0. The largest absolute Gasteiger partial charge is 0.437 e. The Balaban J connectivity index is 2.03. The molecule has 0 aliphatic rings. The van der Waals surface area contributed by atoms with Gasteiger partial charge in [-0.1, -0.05) is 61.5 Å². The van der Waals surface area contributed by atoms with E-state index in [1.165, 1.54) is 16.7 Å². The monoisotopic (exact) mass is 313 g/mol. The lowest BCUT2D eigenvalue weighted by molar-refractivity contribution is 0.619. The van der Waals surface area contributed by atoms with Gasteiger partial charge in [-0.05, 0) is 36.1 Å². The second-order valence-corrected chi connectivity index (χ2v) is 6.03. The lowest BCUT2D eigenvalue weighted by atomic mass is 9.96. The Bertz CT molecular complexity index is 982. The number of rotatable bonds is 3. The highest BCUT2D eigenvalue weighted by atomic mass is 16.3. The molecule has 0 saturated heterocycles. The van der Waals surface area contributed by atoms with E-state index >= 15 is 0 Å². The van der Waals surface area contributed by atoms with E-state index in [0.29, 0.717) is 5.71 Å². The molecule has 0 N–H and O–H groups in total. The van der Waals surface area contributed by atoms with Crippen LogP contribution < -0.4 is 0 Å². The van der Waals surface area contributed by atoms with Crippen LogP contribution in [0, 0.1) is 6.92 Å². The first kappa shape index (κ1) is 14.7. The molecule has 4 aromatic rings. The molecule has 0 spiro atoms. The number of aryl methyl sites for hydroxylation is 2. The summed E-state index contributed by atoms with van der Waals surface area (Å²) in [5, 5.41) is 1.10. The van der Waals surface area contributed by atoms with Gasteiger partial charge in [-0.15, -0.1) is 0 Å². The first-order valence-electron chi connectivity index (χ1n) is 8.30. The molecule has 0 unspecified atom stereocenters. The average Bonchev–Trinajstić information content (AvgIpc) is 3.03. The van der Waals surface area contributed by atoms with Crippen LogP contribution in [0.5, 0.6) is 0 Å². The van der Waals surface area contributed by atoms with E-state index in [1.54, 1.807) is 6.20 Å². The Hall–Kier alpha value is -2.87. The van der Waals surface area contributed by atoms with Crippen molar-refractivity contribution in [1.29, 1.82) is 0 Å². The molecule has 0 atom stereocenters. The van der Waals surface area contributed by atoms with E-state index < -0.39 is 0 Å². The highest BCUT2D eigenvalue weighted by Crippen LogP contribution is 2.41. The SMILES string of the molecule is CCc1ccc(-c2c(-c3ccccc3)oc3nccc(C)c23)cc1. The van der Waals surface area contributed by atoms with Crippen LogP contribution in [0.3, 0.4) is 0 Å². The van der Waals surface area contributed by atoms with Gasteiger partial charge in [0.15, 0.2) is 0 Å². The van der Waals surface area contributed by atoms with E-state index in [4.69, 9.17) is 4.42 Å². The minimum absolute atomic E-state index is 0.698. The van der Waals surface area contributed by atoms with Crippen molar-refractivity contribution in [2.45, 2.75) is 20.3 Å². The van der Waals surface area contributed by atoms with Crippen molar-refractivity contribution in [3.05, 3.63) is 78.0 Å². The normalized spacial score (nSPS) is 11.1. The van der Waals surface area contributed by atoms with Gasteiger partial charge in [0.1, 0.15) is 5.76 Å². The molecule has 24 heavy (non-hydrogen) atoms. The van der Waals surface area contributed by atoms with Gasteiger partial charge in [0.2, 0.25) is 5.71 Å². The minimum atomic E-state index is 0.698. The van der Waals surface area contributed by atoms with Crippen LogP contribution in [0.25, 0.3) is 33.6 Å². The Morgan fingerprint density at radius 3 is 2.33 bits per heavy atom. The number of nitrogens with zero attached hydrogens (tertiary/aromatic N) is 1. The maximum atomic E-state index is 6.17. The third kappa shape index (κ3) is 2.41. The molecule has 0 aliphatic heterocycles. The van der Waals surface area contributed by atoms with Crippen LogP contribution in [0.15, 0.2) is 71.3 Å². The number of hydrogen-bond acceptors (Lipinski definition) is 2. The fourth-order valence-corrected chi connectivity index (χ4v) is 3.15. The van der Waals surface area contributed by atoms with E-state index in [1.807, 2.05) is 24.3 Å². The van der Waals surface area contributed by atoms with Crippen LogP contribution >= 0.6 is 0 Å². The summed E-state index contributed by atoms with van der Waals surface area (Å²) in [5.74, 6) is 0.886. The summed E-state index contributed by atoms with van der Waals surface area (Å²) in [6.45, 7) is 4.28. The van der Waals surface area contributed by atoms with Crippen molar-refractivity contribution in [3.8, 4) is 22.5 Å². The highest BCUT2D eigenvalue weighted by molar-refractivity contribution is 6.02. The topological polar surface area (TPSA) is 26.0 Å². The van der Waals surface area contributed by atoms with Gasteiger partial charge in [0.05, 0.1) is 5.39 Å². The van der Waals surface area contributed by atoms with Gasteiger partial charge in [-0.25, -0.2) is 4.98 Å². The van der Waals surface area contributed by atoms with Crippen molar-refractivity contribution in [1.82, 2.24) is 4.98 Å². The molecule has 0 bridgehead atoms. The van der Waals surface area contributed by atoms with Crippen LogP contribution in [0.4, 0.5) is 0 Å². The number of benzene rings is 2. The van der Waals surface area contributed by atoms with Crippen LogP contribution in [0.2, 0.25) is 0 Å². The second kappa shape index (κ2) is 5.97. The van der Waals surface area contributed by atoms with E-state index in [9.17, 15) is 0 Å². The summed E-state index contributed by atoms with van der Waals surface area (Å²) >= 11 is 0. The van der Waals surface area contributed by atoms with Gasteiger partial charge in [-0.3, -0.25) is 0 Å². The first-order valence-corrected chi connectivity index (χ1v) is 8.30. The molecule has 0 fully saturated rings. The van der Waals surface area contributed by atoms with E-state index in [0.717, 1.165) is 28.7 Å². The standard InChI is InChI=1S/C22H19NO/c1-3-16-9-11-17(12-10-16)20-19-15(2)13-14-23-22(19)24-21(20)18-7-5-4-6-8-18/h4-14H,3H2,1-2H3. The molecule has 2 aromatic heterocycles. The fraction of sp³-hybridized carbons (Fsp3) is 0.136. The Morgan fingerprint density at radius 1 is 0.875 bits per heavy atom. The van der Waals surface area contributed by atoms with Crippen molar-refractivity contribution in [2.24, 2.45) is 0 Å². The molecular weight excluding hydrogens is 294 g/mol. The molecule has 4 rings (SSSR count). The number of furan rings is 1. The van der Waals surface area contributed by atoms with E-state index in [2.05, 4.69) is 55.2 Å². The predicted molar refractivity (Wildman–Crippen MR) is 99.0 cm³/mol. The summed E-state index contributed by atoms with van der Waals surface area (Å²) in [4.78, 5) is 4.44. The zero-order chi connectivity index (χ0) is 16.5. The van der Waals surface area contributed by atoms with Crippen molar-refractivity contribution in [2.75, 3.05) is 0 Å². The third-order valence-electron chi connectivity index (χ3n) is 4.49. The zero-order valence-electron chi connectivity index (χ0n) is 13.9. The van der Waals surface area contributed by atoms with Gasteiger partial charge in [0, 0.05) is 17.3 Å². The molecule has 2 aromatic carbocycles. The average molecular weight is 313 g/mol. The van der Waals surface area contributed by atoms with Gasteiger partial charge >= 0.3 is 0 Å². The van der Waals surface area contributed by atoms with Crippen LogP contribution in [-0.2, 0) is 6.42 Å². The van der Waals surface area contributed by atoms with Crippen molar-refractivity contribution >= 4 is 11.1 Å². The first-order chi connectivity index (χ1) is 11.8. The predicted octanol–water partition coefficient (Wildman–Crippen LogP) is 6.03. The summed E-state index contributed by atoms with van der Waals surface area (Å²) in [7, 11) is 0. The third-order valence-corrected chi connectivity index (χ3v) is 4.49. The Kier molecular flexibility index (Phi) is 3.66. The molecule has 0 saturated carbocycles. The molecule has 0 radical (unpaired) electrons. The number of fused-ring (bicyclic) bond motifs is 1. The van der Waals surface area contributed by atoms with Crippen LogP contribution in [-0.4, -0.2) is 4.98 Å². The van der Waals surface area contributed by atoms with Gasteiger partial charge < -0.3 is 4.42 Å². The molecule has 0 aliphatic carbocycles. The quantitative estimate of drug-likeness (QED) is 0.461. The maximum Gasteiger partial charge on any atom is 0.227 e. The van der Waals surface area contributed by atoms with Crippen molar-refractivity contribution < 1.29 is 4.42 Å². The fourth-order valence-electron chi connectivity index (χ4n) is 3.15. The van der Waals surface area contributed by atoms with Crippen LogP contribution in [0.1, 0.15) is 18.1 Å². The lowest BCUT2D eigenvalue weighted by Crippen LogP contribution is -1.85. The number of pyridine rings is 1. The molecule has 2 heteroatoms. The Morgan fingerprint density at radius 2 is 1.62 bits per heavy atom. The summed E-state index contributed by atoms with van der Waals surface area (Å²) in [5.41, 5.74) is 6.58. The smallest absolute Gasteiger partial charge is 0.227 e. The lowest BCUT2D eigenvalue weighted by Gasteiger charge is -2.06. The molecule has 118 valence electrons. The van der Waals surface area contributed by atoms with Gasteiger partial charge in [0.25, 0.3) is 0 Å². The Labute approximate surface area is 141 Å². The zero-order valence-corrected chi connectivity index (χ0v) is 13.9. The number of aromatic nitrogens is 1.